The van der Waals surface area contributed by atoms with Crippen molar-refractivity contribution in [1.29, 1.82) is 0 Å². The maximum atomic E-state index is 12.1. The van der Waals surface area contributed by atoms with Crippen molar-refractivity contribution in [2.75, 3.05) is 0 Å². The summed E-state index contributed by atoms with van der Waals surface area (Å²) in [4.78, 5) is 12.1. The van der Waals surface area contributed by atoms with Crippen LogP contribution >= 0.6 is 15.9 Å². The lowest BCUT2D eigenvalue weighted by atomic mass is 9.91. The second-order valence-corrected chi connectivity index (χ2v) is 5.27. The van der Waals surface area contributed by atoms with Crippen molar-refractivity contribution in [2.24, 2.45) is 12.8 Å². The first kappa shape index (κ1) is 11.7. The first-order valence-corrected chi connectivity index (χ1v) is 6.18. The molecule has 0 saturated heterocycles. The van der Waals surface area contributed by atoms with Gasteiger partial charge in [-0.2, -0.15) is 0 Å². The maximum Gasteiger partial charge on any atom is 0.185 e. The van der Waals surface area contributed by atoms with Crippen LogP contribution in [0, 0.1) is 0 Å². The van der Waals surface area contributed by atoms with E-state index in [9.17, 15) is 4.79 Å². The molecule has 2 N–H and O–H groups in total. The van der Waals surface area contributed by atoms with Crippen molar-refractivity contribution in [3.63, 3.8) is 0 Å². The van der Waals surface area contributed by atoms with Gasteiger partial charge in [0.25, 0.3) is 0 Å². The molecule has 0 aliphatic heterocycles. The van der Waals surface area contributed by atoms with E-state index in [1.165, 1.54) is 4.68 Å². The van der Waals surface area contributed by atoms with Crippen molar-refractivity contribution in [3.05, 3.63) is 10.3 Å². The second kappa shape index (κ2) is 4.25. The molecule has 0 radical (unpaired) electrons. The Bertz CT molecular complexity index is 389. The molecule has 6 heteroatoms. The Morgan fingerprint density at radius 3 is 2.69 bits per heavy atom. The smallest absolute Gasteiger partial charge is 0.185 e. The highest BCUT2D eigenvalue weighted by atomic mass is 79.9. The molecular formula is C10H15BrN4O. The van der Waals surface area contributed by atoms with Gasteiger partial charge in [0.15, 0.2) is 10.4 Å². The molecule has 0 aromatic carbocycles. The summed E-state index contributed by atoms with van der Waals surface area (Å²) in [7, 11) is 1.71. The zero-order valence-corrected chi connectivity index (χ0v) is 10.8. The Kier molecular flexibility index (Phi) is 3.12. The monoisotopic (exact) mass is 286 g/mol. The van der Waals surface area contributed by atoms with Gasteiger partial charge in [-0.3, -0.25) is 4.79 Å². The molecule has 0 atom stereocenters. The summed E-state index contributed by atoms with van der Waals surface area (Å²) in [5.41, 5.74) is 6.37. The summed E-state index contributed by atoms with van der Waals surface area (Å²) in [5.74, 6) is 0.0174. The number of nitrogens with two attached hydrogens (primary N) is 1. The minimum Gasteiger partial charge on any atom is -0.325 e. The molecule has 1 aromatic rings. The zero-order valence-electron chi connectivity index (χ0n) is 9.24. The number of nitrogens with zero attached hydrogens (tertiary/aromatic N) is 3. The first-order chi connectivity index (χ1) is 7.52. The van der Waals surface area contributed by atoms with Crippen LogP contribution in [-0.2, 0) is 7.05 Å². The molecule has 2 rings (SSSR count). The molecule has 88 valence electrons. The van der Waals surface area contributed by atoms with Crippen molar-refractivity contribution >= 4 is 21.7 Å². The van der Waals surface area contributed by atoms with Crippen LogP contribution in [0.5, 0.6) is 0 Å². The predicted molar refractivity (Wildman–Crippen MR) is 63.0 cm³/mol. The average Bonchev–Trinajstić information content (AvgIpc) is 2.74. The number of ketones is 1. The van der Waals surface area contributed by atoms with E-state index in [0.29, 0.717) is 16.7 Å². The first-order valence-electron chi connectivity index (χ1n) is 5.39. The van der Waals surface area contributed by atoms with Gasteiger partial charge in [-0.25, -0.2) is 4.68 Å². The maximum absolute atomic E-state index is 12.1. The van der Waals surface area contributed by atoms with E-state index in [1.807, 2.05) is 0 Å². The molecule has 1 heterocycles. The highest BCUT2D eigenvalue weighted by Gasteiger charge is 2.33. The molecule has 1 aliphatic rings. The van der Waals surface area contributed by atoms with Crippen LogP contribution in [0.15, 0.2) is 4.60 Å². The number of aryl methyl sites for hydroxylation is 1. The standard InChI is InChI=1S/C10H15BrN4O/c1-15-8(9(11)13-14-15)7(16)6-10(12)4-2-3-5-10/h2-6,12H2,1H3. The highest BCUT2D eigenvalue weighted by molar-refractivity contribution is 9.10. The van der Waals surface area contributed by atoms with Crippen LogP contribution in [0.2, 0.25) is 0 Å². The number of hydrogen-bond acceptors (Lipinski definition) is 4. The number of aromatic nitrogens is 3. The number of halogens is 1. The third-order valence-corrected chi connectivity index (χ3v) is 3.70. The topological polar surface area (TPSA) is 73.8 Å². The fourth-order valence-corrected chi connectivity index (χ4v) is 2.84. The highest BCUT2D eigenvalue weighted by Crippen LogP contribution is 2.31. The van der Waals surface area contributed by atoms with Gasteiger partial charge in [-0.05, 0) is 28.8 Å². The molecule has 1 fully saturated rings. The van der Waals surface area contributed by atoms with E-state index in [-0.39, 0.29) is 11.3 Å². The van der Waals surface area contributed by atoms with Crippen LogP contribution in [0.1, 0.15) is 42.6 Å². The van der Waals surface area contributed by atoms with Gasteiger partial charge < -0.3 is 5.73 Å². The van der Waals surface area contributed by atoms with Crippen LogP contribution in [0.3, 0.4) is 0 Å². The second-order valence-electron chi connectivity index (χ2n) is 4.52. The molecule has 0 unspecified atom stereocenters. The fraction of sp³-hybridized carbons (Fsp3) is 0.700. The molecule has 0 bridgehead atoms. The fourth-order valence-electron chi connectivity index (χ4n) is 2.29. The quantitative estimate of drug-likeness (QED) is 0.853. The third kappa shape index (κ3) is 2.17. The molecule has 16 heavy (non-hydrogen) atoms. The largest absolute Gasteiger partial charge is 0.325 e. The molecule has 1 aliphatic carbocycles. The van der Waals surface area contributed by atoms with Crippen LogP contribution in [0.25, 0.3) is 0 Å². The van der Waals surface area contributed by atoms with Crippen LogP contribution < -0.4 is 5.73 Å². The number of Topliss-reactive ketones (excluding diaryl/α,β-unsaturated/α-hetero) is 1. The Balaban J connectivity index is 2.14. The molecule has 0 amide bonds. The van der Waals surface area contributed by atoms with E-state index in [0.717, 1.165) is 25.7 Å². The van der Waals surface area contributed by atoms with Crippen LogP contribution in [-0.4, -0.2) is 26.3 Å². The van der Waals surface area contributed by atoms with E-state index in [4.69, 9.17) is 5.73 Å². The van der Waals surface area contributed by atoms with E-state index in [1.54, 1.807) is 7.05 Å². The lowest BCUT2D eigenvalue weighted by molar-refractivity contribution is 0.0942. The van der Waals surface area contributed by atoms with Gasteiger partial charge in [0.2, 0.25) is 0 Å². The van der Waals surface area contributed by atoms with Crippen molar-refractivity contribution < 1.29 is 4.79 Å². The molecule has 1 aromatic heterocycles. The Morgan fingerprint density at radius 1 is 1.56 bits per heavy atom. The van der Waals surface area contributed by atoms with Gasteiger partial charge >= 0.3 is 0 Å². The van der Waals surface area contributed by atoms with E-state index < -0.39 is 0 Å². The van der Waals surface area contributed by atoms with Crippen molar-refractivity contribution in [1.82, 2.24) is 15.0 Å². The van der Waals surface area contributed by atoms with Crippen molar-refractivity contribution in [3.8, 4) is 0 Å². The Hall–Kier alpha value is -0.750. The summed E-state index contributed by atoms with van der Waals surface area (Å²) in [6, 6.07) is 0. The van der Waals surface area contributed by atoms with E-state index >= 15 is 0 Å². The minimum atomic E-state index is -0.319. The average molecular weight is 287 g/mol. The van der Waals surface area contributed by atoms with Gasteiger partial charge in [0, 0.05) is 19.0 Å². The predicted octanol–water partition coefficient (Wildman–Crippen LogP) is 1.42. The molecule has 1 saturated carbocycles. The van der Waals surface area contributed by atoms with Gasteiger partial charge in [-0.15, -0.1) is 5.10 Å². The summed E-state index contributed by atoms with van der Waals surface area (Å²) in [6.45, 7) is 0. The number of rotatable bonds is 3. The Labute approximate surface area is 103 Å². The molecule has 0 spiro atoms. The van der Waals surface area contributed by atoms with Crippen LogP contribution in [0.4, 0.5) is 0 Å². The zero-order chi connectivity index (χ0) is 11.8. The number of hydrogen-bond donors (Lipinski definition) is 1. The van der Waals surface area contributed by atoms with Crippen molar-refractivity contribution in [2.45, 2.75) is 37.6 Å². The third-order valence-electron chi connectivity index (χ3n) is 3.16. The Morgan fingerprint density at radius 2 is 2.19 bits per heavy atom. The number of carbonyl (C=O) groups is 1. The molecule has 5 nitrogen and oxygen atoms in total. The normalized spacial score (nSPS) is 18.9. The summed E-state index contributed by atoms with van der Waals surface area (Å²) in [5, 5.41) is 7.60. The number of carbonyl (C=O) groups excluding carboxylic acids is 1. The van der Waals surface area contributed by atoms with Gasteiger partial charge in [0.05, 0.1) is 0 Å². The lowest BCUT2D eigenvalue weighted by Gasteiger charge is -2.22. The van der Waals surface area contributed by atoms with Gasteiger partial charge in [0.1, 0.15) is 5.69 Å². The summed E-state index contributed by atoms with van der Waals surface area (Å²) < 4.78 is 1.99. The van der Waals surface area contributed by atoms with E-state index in [2.05, 4.69) is 26.2 Å². The SMILES string of the molecule is Cn1nnc(Br)c1C(=O)CC1(N)CCCC1. The minimum absolute atomic E-state index is 0.0174. The summed E-state index contributed by atoms with van der Waals surface area (Å²) in [6.07, 6.45) is 4.49. The lowest BCUT2D eigenvalue weighted by Crippen LogP contribution is -2.39. The van der Waals surface area contributed by atoms with Gasteiger partial charge in [-0.1, -0.05) is 18.1 Å². The summed E-state index contributed by atoms with van der Waals surface area (Å²) >= 11 is 3.23. The molecular weight excluding hydrogens is 272 g/mol.